The Morgan fingerprint density at radius 2 is 2.19 bits per heavy atom. The average Bonchev–Trinajstić information content (AvgIpc) is 2.81. The fourth-order valence-electron chi connectivity index (χ4n) is 2.02. The van der Waals surface area contributed by atoms with Gasteiger partial charge in [-0.1, -0.05) is 19.9 Å². The first kappa shape index (κ1) is 15.2. The number of nitrogens with zero attached hydrogens (tertiary/aromatic N) is 4. The van der Waals surface area contributed by atoms with Crippen molar-refractivity contribution >= 4 is 5.91 Å². The summed E-state index contributed by atoms with van der Waals surface area (Å²) in [5, 5.41) is 7.33. The quantitative estimate of drug-likeness (QED) is 0.874. The first-order valence-corrected chi connectivity index (χ1v) is 7.17. The molecule has 2 rings (SSSR count). The third-order valence-corrected chi connectivity index (χ3v) is 2.90. The summed E-state index contributed by atoms with van der Waals surface area (Å²) in [7, 11) is 0. The van der Waals surface area contributed by atoms with Gasteiger partial charge in [0.05, 0.1) is 0 Å². The fourth-order valence-corrected chi connectivity index (χ4v) is 2.02. The number of aromatic nitrogens is 4. The Morgan fingerprint density at radius 3 is 2.81 bits per heavy atom. The molecule has 0 atom stereocenters. The molecule has 0 aliphatic carbocycles. The molecular weight excluding hydrogens is 266 g/mol. The Balaban J connectivity index is 2.23. The molecule has 0 fully saturated rings. The van der Waals surface area contributed by atoms with Gasteiger partial charge in [0.2, 0.25) is 5.91 Å². The summed E-state index contributed by atoms with van der Waals surface area (Å²) < 4.78 is 1.76. The highest BCUT2D eigenvalue weighted by atomic mass is 16.1. The highest BCUT2D eigenvalue weighted by molar-refractivity contribution is 5.72. The number of hydrogen-bond acceptors (Lipinski definition) is 4. The molecule has 6 heteroatoms. The van der Waals surface area contributed by atoms with Crippen LogP contribution in [0.15, 0.2) is 24.4 Å². The molecule has 0 aliphatic rings. The zero-order valence-electron chi connectivity index (χ0n) is 12.7. The molecule has 2 aromatic heterocycles. The van der Waals surface area contributed by atoms with E-state index in [2.05, 4.69) is 34.2 Å². The highest BCUT2D eigenvalue weighted by Gasteiger charge is 2.13. The van der Waals surface area contributed by atoms with E-state index >= 15 is 0 Å². The molecule has 1 N–H and O–H groups in total. The van der Waals surface area contributed by atoms with Crippen molar-refractivity contribution in [1.82, 2.24) is 25.1 Å². The Kier molecular flexibility index (Phi) is 5.03. The molecule has 112 valence electrons. The van der Waals surface area contributed by atoms with Crippen molar-refractivity contribution in [1.29, 1.82) is 0 Å². The van der Waals surface area contributed by atoms with E-state index in [-0.39, 0.29) is 5.91 Å². The lowest BCUT2D eigenvalue weighted by Crippen LogP contribution is -2.23. The van der Waals surface area contributed by atoms with Crippen LogP contribution in [0.3, 0.4) is 0 Å². The summed E-state index contributed by atoms with van der Waals surface area (Å²) in [6.07, 6.45) is 3.19. The first-order valence-electron chi connectivity index (χ1n) is 7.17. The van der Waals surface area contributed by atoms with Gasteiger partial charge in [-0.2, -0.15) is 4.68 Å². The summed E-state index contributed by atoms with van der Waals surface area (Å²) in [5.41, 5.74) is 0. The summed E-state index contributed by atoms with van der Waals surface area (Å²) in [5.74, 6) is 2.83. The molecule has 0 spiro atoms. The van der Waals surface area contributed by atoms with Crippen LogP contribution in [0.25, 0.3) is 5.82 Å². The molecule has 0 unspecified atom stereocenters. The van der Waals surface area contributed by atoms with Crippen LogP contribution in [0.4, 0.5) is 0 Å². The molecule has 2 heterocycles. The predicted molar refractivity (Wildman–Crippen MR) is 80.1 cm³/mol. The van der Waals surface area contributed by atoms with Crippen molar-refractivity contribution < 1.29 is 4.79 Å². The van der Waals surface area contributed by atoms with E-state index in [1.165, 1.54) is 6.92 Å². The first-order chi connectivity index (χ1) is 10.1. The molecule has 6 nitrogen and oxygen atoms in total. The van der Waals surface area contributed by atoms with Crippen LogP contribution < -0.4 is 5.32 Å². The lowest BCUT2D eigenvalue weighted by Gasteiger charge is -2.04. The van der Waals surface area contributed by atoms with Gasteiger partial charge in [0.15, 0.2) is 11.6 Å². The van der Waals surface area contributed by atoms with Gasteiger partial charge in [-0.25, -0.2) is 9.97 Å². The summed E-state index contributed by atoms with van der Waals surface area (Å²) in [6, 6.07) is 5.69. The topological polar surface area (TPSA) is 72.7 Å². The lowest BCUT2D eigenvalue weighted by atomic mass is 10.1. The maximum absolute atomic E-state index is 11.0. The fraction of sp³-hybridized carbons (Fsp3) is 0.467. The maximum atomic E-state index is 11.0. The molecular formula is C15H21N5O. The number of hydrogen-bond donors (Lipinski definition) is 1. The third kappa shape index (κ3) is 4.37. The van der Waals surface area contributed by atoms with Gasteiger partial charge >= 0.3 is 0 Å². The normalized spacial score (nSPS) is 10.9. The van der Waals surface area contributed by atoms with Crippen molar-refractivity contribution in [3.05, 3.63) is 36.0 Å². The molecule has 0 bridgehead atoms. The van der Waals surface area contributed by atoms with Gasteiger partial charge in [0.1, 0.15) is 5.82 Å². The van der Waals surface area contributed by atoms with Crippen molar-refractivity contribution in [3.63, 3.8) is 0 Å². The second-order valence-electron chi connectivity index (χ2n) is 5.37. The predicted octanol–water partition coefficient (Wildman–Crippen LogP) is 1.54. The number of rotatable bonds is 6. The van der Waals surface area contributed by atoms with E-state index in [0.717, 1.165) is 23.9 Å². The SMILES string of the molecule is CC(=O)NCCc1nc(CC(C)C)nn1-c1ccccn1. The van der Waals surface area contributed by atoms with Crippen molar-refractivity contribution in [2.24, 2.45) is 5.92 Å². The number of pyridine rings is 1. The lowest BCUT2D eigenvalue weighted by molar-refractivity contribution is -0.118. The van der Waals surface area contributed by atoms with E-state index in [4.69, 9.17) is 0 Å². The van der Waals surface area contributed by atoms with Gasteiger partial charge in [0, 0.05) is 32.5 Å². The molecule has 0 aliphatic heterocycles. The molecule has 0 radical (unpaired) electrons. The minimum Gasteiger partial charge on any atom is -0.356 e. The number of carbonyl (C=O) groups excluding carboxylic acids is 1. The zero-order valence-corrected chi connectivity index (χ0v) is 12.7. The Bertz CT molecular complexity index is 591. The standard InChI is InChI=1S/C15H21N5O/c1-11(2)10-13-18-15(7-9-16-12(3)21)20(19-13)14-6-4-5-8-17-14/h4-6,8,11H,7,9-10H2,1-3H3,(H,16,21). The average molecular weight is 287 g/mol. The van der Waals surface area contributed by atoms with Crippen molar-refractivity contribution in [2.75, 3.05) is 6.54 Å². The molecule has 21 heavy (non-hydrogen) atoms. The molecule has 0 saturated heterocycles. The minimum absolute atomic E-state index is 0.0405. The maximum Gasteiger partial charge on any atom is 0.216 e. The van der Waals surface area contributed by atoms with Crippen molar-refractivity contribution in [2.45, 2.75) is 33.6 Å². The number of amides is 1. The third-order valence-electron chi connectivity index (χ3n) is 2.90. The monoisotopic (exact) mass is 287 g/mol. The van der Waals surface area contributed by atoms with E-state index < -0.39 is 0 Å². The largest absolute Gasteiger partial charge is 0.356 e. The van der Waals surface area contributed by atoms with Gasteiger partial charge in [0.25, 0.3) is 0 Å². The van der Waals surface area contributed by atoms with E-state index in [9.17, 15) is 4.79 Å². The Labute approximate surface area is 124 Å². The minimum atomic E-state index is -0.0405. The smallest absolute Gasteiger partial charge is 0.216 e. The second-order valence-corrected chi connectivity index (χ2v) is 5.37. The second kappa shape index (κ2) is 6.97. The van der Waals surface area contributed by atoms with Crippen LogP contribution in [-0.2, 0) is 17.6 Å². The highest BCUT2D eigenvalue weighted by Crippen LogP contribution is 2.10. The molecule has 2 aromatic rings. The van der Waals surface area contributed by atoms with Crippen LogP contribution in [0.5, 0.6) is 0 Å². The Hall–Kier alpha value is -2.24. The van der Waals surface area contributed by atoms with Crippen molar-refractivity contribution in [3.8, 4) is 5.82 Å². The van der Waals surface area contributed by atoms with E-state index in [0.29, 0.717) is 18.9 Å². The number of carbonyl (C=O) groups is 1. The van der Waals surface area contributed by atoms with Gasteiger partial charge in [-0.3, -0.25) is 4.79 Å². The van der Waals surface area contributed by atoms with Crippen LogP contribution >= 0.6 is 0 Å². The summed E-state index contributed by atoms with van der Waals surface area (Å²) in [6.45, 7) is 6.33. The van der Waals surface area contributed by atoms with Gasteiger partial charge in [-0.15, -0.1) is 5.10 Å². The van der Waals surface area contributed by atoms with Crippen LogP contribution in [-0.4, -0.2) is 32.2 Å². The van der Waals surface area contributed by atoms with Crippen LogP contribution in [0.2, 0.25) is 0 Å². The van der Waals surface area contributed by atoms with Crippen LogP contribution in [0, 0.1) is 5.92 Å². The summed E-state index contributed by atoms with van der Waals surface area (Å²) >= 11 is 0. The number of nitrogens with one attached hydrogen (secondary N) is 1. The molecule has 0 saturated carbocycles. The van der Waals surface area contributed by atoms with Gasteiger partial charge < -0.3 is 5.32 Å². The van der Waals surface area contributed by atoms with Crippen LogP contribution in [0.1, 0.15) is 32.4 Å². The molecule has 1 amide bonds. The molecule has 0 aromatic carbocycles. The van der Waals surface area contributed by atoms with E-state index in [1.807, 2.05) is 18.2 Å². The van der Waals surface area contributed by atoms with Gasteiger partial charge in [-0.05, 0) is 18.1 Å². The van der Waals surface area contributed by atoms with E-state index in [1.54, 1.807) is 10.9 Å². The summed E-state index contributed by atoms with van der Waals surface area (Å²) in [4.78, 5) is 19.9. The zero-order chi connectivity index (χ0) is 15.2. The Morgan fingerprint density at radius 1 is 1.38 bits per heavy atom.